The van der Waals surface area contributed by atoms with Crippen LogP contribution in [0.3, 0.4) is 0 Å². The number of carbonyl (C=O) groups excluding carboxylic acids is 1. The number of aryl methyl sites for hydroxylation is 1. The monoisotopic (exact) mass is 444 g/mol. The Morgan fingerprint density at radius 2 is 1.52 bits per heavy atom. The van der Waals surface area contributed by atoms with Crippen molar-refractivity contribution in [1.29, 1.82) is 0 Å². The maximum Gasteiger partial charge on any atom is 0.241 e. The maximum absolute atomic E-state index is 13.6. The van der Waals surface area contributed by atoms with Gasteiger partial charge in [-0.3, -0.25) is 4.79 Å². The first kappa shape index (κ1) is 22.6. The van der Waals surface area contributed by atoms with E-state index in [0.29, 0.717) is 0 Å². The first-order valence-electron chi connectivity index (χ1n) is 9.66. The molecule has 3 rings (SSSR count). The van der Waals surface area contributed by atoms with Crippen LogP contribution < -0.4 is 10.0 Å². The van der Waals surface area contributed by atoms with E-state index in [1.54, 1.807) is 19.1 Å². The molecule has 8 heteroatoms. The number of sulfonamides is 1. The van der Waals surface area contributed by atoms with Crippen LogP contribution in [0.2, 0.25) is 0 Å². The Balaban J connectivity index is 1.59. The lowest BCUT2D eigenvalue weighted by atomic mass is 10.1. The average molecular weight is 445 g/mol. The lowest BCUT2D eigenvalue weighted by molar-refractivity contribution is -0.116. The molecule has 0 aromatic heterocycles. The summed E-state index contributed by atoms with van der Waals surface area (Å²) in [5.41, 5.74) is 1.09. The third-order valence-electron chi connectivity index (χ3n) is 4.73. The zero-order valence-electron chi connectivity index (χ0n) is 16.8. The fraction of sp³-hybridized carbons (Fsp3) is 0.174. The van der Waals surface area contributed by atoms with Gasteiger partial charge in [0, 0.05) is 12.5 Å². The second kappa shape index (κ2) is 9.80. The molecule has 5 nitrogen and oxygen atoms in total. The minimum atomic E-state index is -3.72. The van der Waals surface area contributed by atoms with E-state index in [0.717, 1.165) is 23.3 Å². The minimum absolute atomic E-state index is 0.0108. The molecule has 162 valence electrons. The molecule has 0 fully saturated rings. The van der Waals surface area contributed by atoms with Crippen LogP contribution >= 0.6 is 0 Å². The molecule has 0 aliphatic rings. The number of benzene rings is 3. The van der Waals surface area contributed by atoms with E-state index in [2.05, 4.69) is 10.0 Å². The predicted octanol–water partition coefficient (Wildman–Crippen LogP) is 4.58. The second-order valence-corrected chi connectivity index (χ2v) is 8.76. The number of hydrogen-bond acceptors (Lipinski definition) is 3. The Bertz CT molecular complexity index is 1130. The van der Waals surface area contributed by atoms with Crippen molar-refractivity contribution in [3.8, 4) is 0 Å². The van der Waals surface area contributed by atoms with Crippen molar-refractivity contribution in [3.05, 3.63) is 95.6 Å². The summed E-state index contributed by atoms with van der Waals surface area (Å²) in [7, 11) is -3.72. The van der Waals surface area contributed by atoms with Gasteiger partial charge in [-0.1, -0.05) is 48.5 Å². The first-order chi connectivity index (χ1) is 14.8. The van der Waals surface area contributed by atoms with Gasteiger partial charge in [0.25, 0.3) is 0 Å². The molecule has 3 aromatic rings. The number of carbonyl (C=O) groups is 1. The first-order valence-corrected chi connectivity index (χ1v) is 11.1. The molecule has 3 aromatic carbocycles. The molecule has 31 heavy (non-hydrogen) atoms. The molecule has 0 aliphatic heterocycles. The van der Waals surface area contributed by atoms with Crippen molar-refractivity contribution in [2.24, 2.45) is 0 Å². The Kier molecular flexibility index (Phi) is 7.14. The highest BCUT2D eigenvalue weighted by Gasteiger charge is 2.18. The van der Waals surface area contributed by atoms with Crippen molar-refractivity contribution >= 4 is 21.6 Å². The summed E-state index contributed by atoms with van der Waals surface area (Å²) in [6.07, 6.45) is 0.277. The lowest BCUT2D eigenvalue weighted by Crippen LogP contribution is -2.26. The van der Waals surface area contributed by atoms with E-state index in [4.69, 9.17) is 0 Å². The SMILES string of the molecule is C[C@@H](NS(=O)(=O)c1ccc(CCC(=O)Nc2c(F)cccc2F)cc1)c1ccccc1. The van der Waals surface area contributed by atoms with E-state index in [-0.39, 0.29) is 17.7 Å². The predicted molar refractivity (Wildman–Crippen MR) is 115 cm³/mol. The molecule has 0 heterocycles. The standard InChI is InChI=1S/C23H22F2N2O3S/c1-16(18-6-3-2-4-7-18)27-31(29,30)19-13-10-17(11-14-19)12-15-22(28)26-23-20(24)8-5-9-21(23)25/h2-11,13-14,16,27H,12,15H2,1H3,(H,26,28)/t16-/m1/s1. The number of nitrogens with one attached hydrogen (secondary N) is 2. The largest absolute Gasteiger partial charge is 0.321 e. The molecule has 0 saturated carbocycles. The third kappa shape index (κ3) is 5.96. The van der Waals surface area contributed by atoms with Crippen molar-refractivity contribution in [3.63, 3.8) is 0 Å². The summed E-state index contributed by atoms with van der Waals surface area (Å²) in [5, 5.41) is 2.23. The van der Waals surface area contributed by atoms with Gasteiger partial charge in [-0.2, -0.15) is 0 Å². The number of rotatable bonds is 8. The molecule has 0 saturated heterocycles. The van der Waals surface area contributed by atoms with Crippen LogP contribution in [-0.4, -0.2) is 14.3 Å². The van der Waals surface area contributed by atoms with Crippen LogP contribution in [0.4, 0.5) is 14.5 Å². The van der Waals surface area contributed by atoms with Crippen LogP contribution in [-0.2, 0) is 21.2 Å². The molecule has 0 spiro atoms. The maximum atomic E-state index is 13.6. The van der Waals surface area contributed by atoms with Gasteiger partial charge in [0.15, 0.2) is 0 Å². The van der Waals surface area contributed by atoms with Gasteiger partial charge in [0.2, 0.25) is 15.9 Å². The van der Waals surface area contributed by atoms with Gasteiger partial charge in [-0.25, -0.2) is 21.9 Å². The molecule has 0 radical (unpaired) electrons. The summed E-state index contributed by atoms with van der Waals surface area (Å²) in [5.74, 6) is -2.24. The molecule has 0 aliphatic carbocycles. The Hall–Kier alpha value is -3.10. The number of para-hydroxylation sites is 1. The normalized spacial score (nSPS) is 12.4. The lowest BCUT2D eigenvalue weighted by Gasteiger charge is -2.15. The summed E-state index contributed by atoms with van der Waals surface area (Å²) < 4.78 is 55.1. The molecule has 1 atom stereocenters. The van der Waals surface area contributed by atoms with Crippen LogP contribution in [0.25, 0.3) is 0 Å². The number of halogens is 2. The van der Waals surface area contributed by atoms with Gasteiger partial charge in [0.1, 0.15) is 17.3 Å². The van der Waals surface area contributed by atoms with Gasteiger partial charge >= 0.3 is 0 Å². The summed E-state index contributed by atoms with van der Waals surface area (Å²) in [6, 6.07) is 18.3. The molecule has 0 unspecified atom stereocenters. The van der Waals surface area contributed by atoms with E-state index >= 15 is 0 Å². The zero-order chi connectivity index (χ0) is 22.4. The topological polar surface area (TPSA) is 75.3 Å². The fourth-order valence-electron chi connectivity index (χ4n) is 3.02. The van der Waals surface area contributed by atoms with Crippen LogP contribution in [0, 0.1) is 11.6 Å². The fourth-order valence-corrected chi connectivity index (χ4v) is 4.25. The quantitative estimate of drug-likeness (QED) is 0.534. The van der Waals surface area contributed by atoms with Gasteiger partial charge in [0.05, 0.1) is 4.90 Å². The highest BCUT2D eigenvalue weighted by Crippen LogP contribution is 2.20. The summed E-state index contributed by atoms with van der Waals surface area (Å²) >= 11 is 0. The van der Waals surface area contributed by atoms with Crippen molar-refractivity contribution < 1.29 is 22.0 Å². The molecule has 0 bridgehead atoms. The van der Waals surface area contributed by atoms with Crippen LogP contribution in [0.15, 0.2) is 77.7 Å². The highest BCUT2D eigenvalue weighted by molar-refractivity contribution is 7.89. The molecular formula is C23H22F2N2O3S. The Morgan fingerprint density at radius 3 is 2.13 bits per heavy atom. The van der Waals surface area contributed by atoms with Gasteiger partial charge in [-0.15, -0.1) is 0 Å². The van der Waals surface area contributed by atoms with Gasteiger partial charge < -0.3 is 5.32 Å². The minimum Gasteiger partial charge on any atom is -0.321 e. The van der Waals surface area contributed by atoms with E-state index in [1.165, 1.54) is 18.2 Å². The number of anilines is 1. The summed E-state index contributed by atoms with van der Waals surface area (Å²) in [4.78, 5) is 12.1. The highest BCUT2D eigenvalue weighted by atomic mass is 32.2. The Labute approximate surface area is 180 Å². The van der Waals surface area contributed by atoms with Gasteiger partial charge in [-0.05, 0) is 48.7 Å². The van der Waals surface area contributed by atoms with Crippen LogP contribution in [0.1, 0.15) is 30.5 Å². The smallest absolute Gasteiger partial charge is 0.241 e. The van der Waals surface area contributed by atoms with Crippen molar-refractivity contribution in [2.75, 3.05) is 5.32 Å². The summed E-state index contributed by atoms with van der Waals surface area (Å²) in [6.45, 7) is 1.76. The van der Waals surface area contributed by atoms with E-state index < -0.39 is 39.3 Å². The number of hydrogen-bond donors (Lipinski definition) is 2. The number of amides is 1. The van der Waals surface area contributed by atoms with Crippen molar-refractivity contribution in [1.82, 2.24) is 4.72 Å². The van der Waals surface area contributed by atoms with E-state index in [1.807, 2.05) is 30.3 Å². The average Bonchev–Trinajstić information content (AvgIpc) is 2.75. The Morgan fingerprint density at radius 1 is 0.903 bits per heavy atom. The van der Waals surface area contributed by atoms with E-state index in [9.17, 15) is 22.0 Å². The third-order valence-corrected chi connectivity index (χ3v) is 6.29. The molecule has 1 amide bonds. The molecular weight excluding hydrogens is 422 g/mol. The zero-order valence-corrected chi connectivity index (χ0v) is 17.6. The van der Waals surface area contributed by atoms with Crippen LogP contribution in [0.5, 0.6) is 0 Å². The van der Waals surface area contributed by atoms with Crippen molar-refractivity contribution in [2.45, 2.75) is 30.7 Å². The molecule has 2 N–H and O–H groups in total. The second-order valence-electron chi connectivity index (χ2n) is 7.04.